The average Bonchev–Trinajstić information content (AvgIpc) is 2.78. The number of rotatable bonds is 3. The van der Waals surface area contributed by atoms with Crippen LogP contribution in [0.15, 0.2) is 29.3 Å². The Hall–Kier alpha value is -0.511. The van der Waals surface area contributed by atoms with E-state index in [1.54, 1.807) is 0 Å². The predicted molar refractivity (Wildman–Crippen MR) is 74.7 cm³/mol. The first kappa shape index (κ1) is 12.9. The van der Waals surface area contributed by atoms with Gasteiger partial charge in [0.15, 0.2) is 0 Å². The van der Waals surface area contributed by atoms with Crippen molar-refractivity contribution in [2.24, 2.45) is 10.9 Å². The molecule has 1 aliphatic heterocycles. The Labute approximate surface area is 111 Å². The fraction of sp³-hybridized carbons (Fsp3) is 0.500. The van der Waals surface area contributed by atoms with Gasteiger partial charge in [0.25, 0.3) is 0 Å². The van der Waals surface area contributed by atoms with Gasteiger partial charge in [0.2, 0.25) is 0 Å². The summed E-state index contributed by atoms with van der Waals surface area (Å²) in [6.07, 6.45) is 0. The molecular weight excluding hydrogens is 317 g/mol. The van der Waals surface area contributed by atoms with Crippen LogP contribution in [0, 0.1) is 5.92 Å². The molecule has 0 saturated carbocycles. The first-order chi connectivity index (χ1) is 8.09. The van der Waals surface area contributed by atoms with E-state index in [0.29, 0.717) is 12.0 Å². The Balaban J connectivity index is 2.32. The molecule has 0 aliphatic carbocycles. The van der Waals surface area contributed by atoms with Gasteiger partial charge in [0.1, 0.15) is 0 Å². The van der Waals surface area contributed by atoms with Crippen molar-refractivity contribution < 1.29 is 4.74 Å². The molecule has 1 heterocycles. The van der Waals surface area contributed by atoms with Crippen LogP contribution in [0.25, 0.3) is 0 Å². The monoisotopic (exact) mass is 338 g/mol. The molecule has 1 atom stereocenters. The van der Waals surface area contributed by atoms with E-state index in [1.807, 2.05) is 0 Å². The zero-order valence-corrected chi connectivity index (χ0v) is 13.9. The Morgan fingerprint density at radius 2 is 2.00 bits per heavy atom. The summed E-state index contributed by atoms with van der Waals surface area (Å²) in [5, 5.41) is 0. The van der Waals surface area contributed by atoms with Crippen LogP contribution in [0.1, 0.15) is 19.4 Å². The van der Waals surface area contributed by atoms with Crippen LogP contribution in [0.2, 0.25) is 9.88 Å². The summed E-state index contributed by atoms with van der Waals surface area (Å²) < 4.78 is 7.30. The van der Waals surface area contributed by atoms with Crippen molar-refractivity contribution in [3.05, 3.63) is 29.8 Å². The van der Waals surface area contributed by atoms with Crippen molar-refractivity contribution >= 4 is 29.2 Å². The minimum atomic E-state index is -1.38. The predicted octanol–water partition coefficient (Wildman–Crippen LogP) is 2.45. The average molecular weight is 337 g/mol. The van der Waals surface area contributed by atoms with Crippen molar-refractivity contribution in [2.45, 2.75) is 29.8 Å². The molecule has 1 aromatic rings. The van der Waals surface area contributed by atoms with Crippen molar-refractivity contribution in [3.63, 3.8) is 0 Å². The number of hydrogen-bond acceptors (Lipinski definition) is 2. The molecule has 3 heteroatoms. The summed E-state index contributed by atoms with van der Waals surface area (Å²) in [7, 11) is 0. The van der Waals surface area contributed by atoms with Gasteiger partial charge in [-0.3, -0.25) is 0 Å². The molecule has 1 radical (unpaired) electrons. The van der Waals surface area contributed by atoms with E-state index in [0.717, 1.165) is 12.5 Å². The fourth-order valence-corrected chi connectivity index (χ4v) is 5.29. The van der Waals surface area contributed by atoms with Gasteiger partial charge in [-0.1, -0.05) is 0 Å². The van der Waals surface area contributed by atoms with Crippen LogP contribution in [-0.2, 0) is 4.74 Å². The minimum absolute atomic E-state index is 0.332. The van der Waals surface area contributed by atoms with Gasteiger partial charge in [0, 0.05) is 0 Å². The van der Waals surface area contributed by atoms with Gasteiger partial charge in [0.05, 0.1) is 0 Å². The standard InChI is InChI=1S/C12H14NO.2CH3.Sn/c1-9(2)11-8-14-12(13-11)10-6-4-3-5-7-10;;;/h3-6,9,11H,8H2,1-2H3;2*1H3;. The van der Waals surface area contributed by atoms with Crippen LogP contribution in [0.4, 0.5) is 0 Å². The van der Waals surface area contributed by atoms with E-state index in [9.17, 15) is 0 Å². The molecule has 17 heavy (non-hydrogen) atoms. The summed E-state index contributed by atoms with van der Waals surface area (Å²) in [4.78, 5) is 9.53. The van der Waals surface area contributed by atoms with E-state index in [-0.39, 0.29) is 0 Å². The van der Waals surface area contributed by atoms with Gasteiger partial charge in [-0.25, -0.2) is 0 Å². The Bertz CT molecular complexity index is 426. The molecule has 0 aromatic heterocycles. The summed E-state index contributed by atoms with van der Waals surface area (Å²) in [6.45, 7) is 5.15. The molecule has 0 amide bonds. The number of ether oxygens (including phenoxy) is 1. The number of aliphatic imine (C=N–C) groups is 1. The summed E-state index contributed by atoms with van der Waals surface area (Å²) >= 11 is -1.38. The fourth-order valence-electron chi connectivity index (χ4n) is 1.98. The van der Waals surface area contributed by atoms with Crippen LogP contribution in [-0.4, -0.2) is 38.3 Å². The Morgan fingerprint density at radius 3 is 2.59 bits per heavy atom. The SMILES string of the molecule is CC(C)C1COC(c2cccc[c]2[Sn]([CH3])[CH3])=N1. The second kappa shape index (κ2) is 5.42. The van der Waals surface area contributed by atoms with Crippen molar-refractivity contribution in [3.8, 4) is 0 Å². The third-order valence-corrected chi connectivity index (χ3v) is 7.46. The number of nitrogens with zero attached hydrogens (tertiary/aromatic N) is 1. The molecule has 0 spiro atoms. The first-order valence-corrected chi connectivity index (χ1v) is 13.3. The summed E-state index contributed by atoms with van der Waals surface area (Å²) in [5.41, 5.74) is 1.25. The van der Waals surface area contributed by atoms with Crippen molar-refractivity contribution in [1.29, 1.82) is 0 Å². The molecular formula is C14H20NOSn. The van der Waals surface area contributed by atoms with Crippen LogP contribution in [0.5, 0.6) is 0 Å². The Morgan fingerprint density at radius 1 is 1.29 bits per heavy atom. The summed E-state index contributed by atoms with van der Waals surface area (Å²) in [5.74, 6) is 1.43. The van der Waals surface area contributed by atoms with Gasteiger partial charge in [-0.15, -0.1) is 0 Å². The second-order valence-corrected chi connectivity index (χ2v) is 12.3. The molecule has 91 valence electrons. The topological polar surface area (TPSA) is 21.6 Å². The number of hydrogen-bond donors (Lipinski definition) is 0. The van der Waals surface area contributed by atoms with Crippen LogP contribution in [0.3, 0.4) is 0 Å². The normalized spacial score (nSPS) is 19.6. The van der Waals surface area contributed by atoms with Crippen LogP contribution >= 0.6 is 0 Å². The molecule has 0 saturated heterocycles. The molecule has 0 N–H and O–H groups in total. The van der Waals surface area contributed by atoms with E-state index < -0.39 is 19.8 Å². The van der Waals surface area contributed by atoms with Crippen molar-refractivity contribution in [2.75, 3.05) is 6.61 Å². The molecule has 1 aliphatic rings. The summed E-state index contributed by atoms with van der Waals surface area (Å²) in [6, 6.07) is 8.95. The van der Waals surface area contributed by atoms with E-state index in [1.165, 1.54) is 9.14 Å². The third kappa shape index (κ3) is 2.84. The molecule has 2 rings (SSSR count). The van der Waals surface area contributed by atoms with Gasteiger partial charge in [-0.05, 0) is 0 Å². The molecule has 0 fully saturated rings. The zero-order chi connectivity index (χ0) is 12.4. The van der Waals surface area contributed by atoms with E-state index in [4.69, 9.17) is 9.73 Å². The van der Waals surface area contributed by atoms with Gasteiger partial charge >= 0.3 is 111 Å². The number of benzene rings is 1. The Kier molecular flexibility index (Phi) is 4.12. The van der Waals surface area contributed by atoms with E-state index >= 15 is 0 Å². The quantitative estimate of drug-likeness (QED) is 0.777. The zero-order valence-electron chi connectivity index (χ0n) is 11.0. The first-order valence-electron chi connectivity index (χ1n) is 6.20. The van der Waals surface area contributed by atoms with Crippen molar-refractivity contribution in [1.82, 2.24) is 0 Å². The van der Waals surface area contributed by atoms with E-state index in [2.05, 4.69) is 48.0 Å². The van der Waals surface area contributed by atoms with Gasteiger partial charge in [-0.2, -0.15) is 0 Å². The third-order valence-electron chi connectivity index (χ3n) is 3.14. The maximum absolute atomic E-state index is 5.79. The van der Waals surface area contributed by atoms with Crippen LogP contribution < -0.4 is 3.58 Å². The molecule has 1 aromatic carbocycles. The molecule has 1 unspecified atom stereocenters. The molecule has 2 nitrogen and oxygen atoms in total. The maximum atomic E-state index is 5.79. The van der Waals surface area contributed by atoms with Gasteiger partial charge < -0.3 is 0 Å². The molecule has 0 bridgehead atoms. The second-order valence-electron chi connectivity index (χ2n) is 5.10.